The van der Waals surface area contributed by atoms with E-state index in [0.29, 0.717) is 12.5 Å². The van der Waals surface area contributed by atoms with Gasteiger partial charge >= 0.3 is 0 Å². The number of allylic oxidation sites excluding steroid dienone is 8. The summed E-state index contributed by atoms with van der Waals surface area (Å²) in [5.74, 6) is 1.18. The number of hydrogen-bond acceptors (Lipinski definition) is 3. The molecule has 1 saturated carbocycles. The van der Waals surface area contributed by atoms with Gasteiger partial charge in [-0.05, 0) is 76.0 Å². The van der Waals surface area contributed by atoms with Gasteiger partial charge in [0.25, 0.3) is 0 Å². The lowest BCUT2D eigenvalue weighted by Crippen LogP contribution is -2.24. The van der Waals surface area contributed by atoms with Gasteiger partial charge in [0.15, 0.2) is 0 Å². The van der Waals surface area contributed by atoms with E-state index in [4.69, 9.17) is 5.26 Å². The summed E-state index contributed by atoms with van der Waals surface area (Å²) < 4.78 is 0. The first-order valence-corrected chi connectivity index (χ1v) is 11.7. The van der Waals surface area contributed by atoms with Gasteiger partial charge in [-0.2, -0.15) is 5.26 Å². The lowest BCUT2D eigenvalue weighted by molar-refractivity contribution is -0.121. The Hall–Kier alpha value is -1.73. The van der Waals surface area contributed by atoms with Crippen molar-refractivity contribution in [1.82, 2.24) is 5.32 Å². The molecule has 154 valence electrons. The Morgan fingerprint density at radius 2 is 1.43 bits per heavy atom. The minimum absolute atomic E-state index is 0.212. The fourth-order valence-corrected chi connectivity index (χ4v) is 3.06. The second-order valence-electron chi connectivity index (χ2n) is 7.12. The number of nitrogens with one attached hydrogen (secondary N) is 1. The molecular weight excluding hydrogens is 364 g/mol. The lowest BCUT2D eigenvalue weighted by atomic mass is 10.2. The van der Waals surface area contributed by atoms with Crippen LogP contribution < -0.4 is 5.32 Å². The Balaban J connectivity index is 1.84. The molecule has 0 spiro atoms. The second kappa shape index (κ2) is 18.6. The van der Waals surface area contributed by atoms with E-state index in [1.165, 1.54) is 24.6 Å². The molecule has 1 aliphatic carbocycles. The predicted octanol–water partition coefficient (Wildman–Crippen LogP) is 6.61. The second-order valence-corrected chi connectivity index (χ2v) is 8.00. The molecule has 0 aromatic carbocycles. The van der Waals surface area contributed by atoms with Crippen molar-refractivity contribution in [2.24, 2.45) is 0 Å². The third-order valence-corrected chi connectivity index (χ3v) is 5.00. The van der Waals surface area contributed by atoms with E-state index >= 15 is 0 Å². The monoisotopic (exact) mass is 400 g/mol. The summed E-state index contributed by atoms with van der Waals surface area (Å²) in [6, 6.07) is 0.480. The summed E-state index contributed by atoms with van der Waals surface area (Å²) in [5.41, 5.74) is 0. The first-order chi connectivity index (χ1) is 13.8. The fourth-order valence-electron chi connectivity index (χ4n) is 2.62. The Bertz CT molecular complexity index is 553. The summed E-state index contributed by atoms with van der Waals surface area (Å²) in [4.78, 5) is 11.5. The lowest BCUT2D eigenvalue weighted by Gasteiger charge is -2.00. The third kappa shape index (κ3) is 17.7. The predicted molar refractivity (Wildman–Crippen MR) is 122 cm³/mol. The van der Waals surface area contributed by atoms with Crippen LogP contribution in [0.3, 0.4) is 0 Å². The first-order valence-electron chi connectivity index (χ1n) is 10.7. The fraction of sp³-hybridized carbons (Fsp3) is 0.583. The standard InChI is InChI=1S/C24H36N2OS/c25-22-28-21-17-15-13-11-9-7-5-3-1-2-4-6-8-10-12-14-16-18-24(27)26-23-19-20-23/h1,3-4,6-7,9-10,12,23H,2,5,8,11,13-21H2,(H,26,27)/b3-1-,6-4-,9-7-,12-10-. The van der Waals surface area contributed by atoms with Gasteiger partial charge < -0.3 is 5.32 Å². The maximum atomic E-state index is 11.5. The highest BCUT2D eigenvalue weighted by molar-refractivity contribution is 8.03. The number of thiocyanates is 1. The smallest absolute Gasteiger partial charge is 0.220 e. The van der Waals surface area contributed by atoms with Crippen molar-refractivity contribution >= 4 is 17.7 Å². The highest BCUT2D eigenvalue weighted by atomic mass is 32.2. The highest BCUT2D eigenvalue weighted by Gasteiger charge is 2.22. The van der Waals surface area contributed by atoms with Crippen LogP contribution in [0.2, 0.25) is 0 Å². The molecule has 0 saturated heterocycles. The topological polar surface area (TPSA) is 52.9 Å². The van der Waals surface area contributed by atoms with Crippen molar-refractivity contribution in [2.75, 3.05) is 5.75 Å². The number of amides is 1. The number of carbonyl (C=O) groups excluding carboxylic acids is 1. The molecule has 0 aromatic rings. The zero-order chi connectivity index (χ0) is 20.1. The number of nitriles is 1. The van der Waals surface area contributed by atoms with Crippen LogP contribution in [0.15, 0.2) is 48.6 Å². The van der Waals surface area contributed by atoms with Gasteiger partial charge in [-0.25, -0.2) is 0 Å². The van der Waals surface area contributed by atoms with Crippen LogP contribution in [-0.4, -0.2) is 17.7 Å². The maximum Gasteiger partial charge on any atom is 0.220 e. The van der Waals surface area contributed by atoms with Crippen LogP contribution in [0, 0.1) is 10.7 Å². The van der Waals surface area contributed by atoms with Crippen LogP contribution >= 0.6 is 11.8 Å². The van der Waals surface area contributed by atoms with E-state index in [9.17, 15) is 4.79 Å². The van der Waals surface area contributed by atoms with Crippen molar-refractivity contribution in [3.8, 4) is 5.40 Å². The third-order valence-electron chi connectivity index (χ3n) is 4.38. The van der Waals surface area contributed by atoms with Gasteiger partial charge in [0.05, 0.1) is 0 Å². The largest absolute Gasteiger partial charge is 0.353 e. The van der Waals surface area contributed by atoms with Crippen LogP contribution in [-0.2, 0) is 4.79 Å². The summed E-state index contributed by atoms with van der Waals surface area (Å²) in [6.45, 7) is 0. The van der Waals surface area contributed by atoms with Crippen molar-refractivity contribution in [3.63, 3.8) is 0 Å². The molecule has 1 aliphatic rings. The van der Waals surface area contributed by atoms with E-state index in [-0.39, 0.29) is 5.91 Å². The zero-order valence-electron chi connectivity index (χ0n) is 17.2. The van der Waals surface area contributed by atoms with E-state index in [0.717, 1.165) is 63.5 Å². The molecule has 1 amide bonds. The van der Waals surface area contributed by atoms with Crippen LogP contribution in [0.1, 0.15) is 77.0 Å². The van der Waals surface area contributed by atoms with Crippen LogP contribution in [0.4, 0.5) is 0 Å². The molecule has 0 bridgehead atoms. The van der Waals surface area contributed by atoms with Crippen molar-refractivity contribution in [2.45, 2.75) is 83.1 Å². The van der Waals surface area contributed by atoms with E-state index in [1.54, 1.807) is 0 Å². The first kappa shape index (κ1) is 24.3. The van der Waals surface area contributed by atoms with Crippen LogP contribution in [0.5, 0.6) is 0 Å². The molecular formula is C24H36N2OS. The van der Waals surface area contributed by atoms with Gasteiger partial charge in [0, 0.05) is 18.2 Å². The Morgan fingerprint density at radius 3 is 2.00 bits per heavy atom. The van der Waals surface area contributed by atoms with Crippen LogP contribution in [0.25, 0.3) is 0 Å². The van der Waals surface area contributed by atoms with Gasteiger partial charge in [-0.3, -0.25) is 4.79 Å². The molecule has 0 radical (unpaired) electrons. The van der Waals surface area contributed by atoms with Gasteiger partial charge in [0.2, 0.25) is 5.91 Å². The molecule has 0 aromatic heterocycles. The minimum atomic E-state index is 0.212. The van der Waals surface area contributed by atoms with Gasteiger partial charge in [0.1, 0.15) is 5.40 Å². The number of unbranched alkanes of at least 4 members (excludes halogenated alkanes) is 4. The van der Waals surface area contributed by atoms with E-state index < -0.39 is 0 Å². The molecule has 3 nitrogen and oxygen atoms in total. The van der Waals surface area contributed by atoms with E-state index in [2.05, 4.69) is 59.3 Å². The maximum absolute atomic E-state index is 11.5. The van der Waals surface area contributed by atoms with E-state index in [1.807, 2.05) is 0 Å². The molecule has 28 heavy (non-hydrogen) atoms. The molecule has 1 N–H and O–H groups in total. The number of hydrogen-bond donors (Lipinski definition) is 1. The van der Waals surface area contributed by atoms with Gasteiger partial charge in [-0.1, -0.05) is 55.0 Å². The highest BCUT2D eigenvalue weighted by Crippen LogP contribution is 2.18. The molecule has 1 fully saturated rings. The molecule has 1 rings (SSSR count). The Labute approximate surface area is 176 Å². The number of carbonyl (C=O) groups is 1. The van der Waals surface area contributed by atoms with Crippen molar-refractivity contribution < 1.29 is 4.79 Å². The molecule has 0 aliphatic heterocycles. The normalized spacial score (nSPS) is 14.5. The SMILES string of the molecule is N#CSCCCCC/C=C\C/C=C\C/C=C\C/C=C\CCCC(=O)NC1CC1. The summed E-state index contributed by atoms with van der Waals surface area (Å²) >= 11 is 1.36. The number of nitrogens with zero attached hydrogens (tertiary/aromatic N) is 1. The quantitative estimate of drug-likeness (QED) is 0.170. The number of rotatable bonds is 17. The summed E-state index contributed by atoms with van der Waals surface area (Å²) in [7, 11) is 0. The Kier molecular flexibility index (Phi) is 16.2. The van der Waals surface area contributed by atoms with Gasteiger partial charge in [-0.15, -0.1) is 0 Å². The molecule has 0 atom stereocenters. The molecule has 0 heterocycles. The molecule has 4 heteroatoms. The minimum Gasteiger partial charge on any atom is -0.353 e. The zero-order valence-corrected chi connectivity index (χ0v) is 18.0. The summed E-state index contributed by atoms with van der Waals surface area (Å²) in [6.07, 6.45) is 30.2. The molecule has 0 unspecified atom stereocenters. The summed E-state index contributed by atoms with van der Waals surface area (Å²) in [5, 5.41) is 13.6. The Morgan fingerprint density at radius 1 is 0.857 bits per heavy atom. The van der Waals surface area contributed by atoms with Crippen molar-refractivity contribution in [3.05, 3.63) is 48.6 Å². The average molecular weight is 401 g/mol. The van der Waals surface area contributed by atoms with Crippen molar-refractivity contribution in [1.29, 1.82) is 5.26 Å². The average Bonchev–Trinajstić information content (AvgIpc) is 3.50. The number of thioether (sulfide) groups is 1.